The molecule has 8 nitrogen and oxygen atoms in total. The average Bonchev–Trinajstić information content (AvgIpc) is 0.718. The van der Waals surface area contributed by atoms with Crippen molar-refractivity contribution in [3.05, 3.63) is 264 Å². The van der Waals surface area contributed by atoms with E-state index in [1.165, 1.54) is 77.7 Å². The van der Waals surface area contributed by atoms with Crippen molar-refractivity contribution < 1.29 is 23.4 Å². The topological polar surface area (TPSA) is 59.8 Å². The summed E-state index contributed by atoms with van der Waals surface area (Å²) < 4.78 is 32.5. The number of para-hydroxylation sites is 1. The smallest absolute Gasteiger partial charge is 0.252 e. The predicted octanol–water partition coefficient (Wildman–Crippen LogP) is 19.3. The number of furan rings is 1. The summed E-state index contributed by atoms with van der Waals surface area (Å²) in [6, 6.07) is 86.5. The van der Waals surface area contributed by atoms with Gasteiger partial charge in [-0.3, -0.25) is 0 Å². The number of hydrogen-bond donors (Lipinski definition) is 0. The Morgan fingerprint density at radius 3 is 1.53 bits per heavy atom. The highest BCUT2D eigenvalue weighted by Crippen LogP contribution is 2.58. The summed E-state index contributed by atoms with van der Waals surface area (Å²) in [6.07, 6.45) is 0. The molecule has 0 bridgehead atoms. The molecule has 5 heterocycles. The first kappa shape index (κ1) is 53.7. The molecule has 0 saturated carbocycles. The minimum Gasteiger partial charge on any atom is -0.486 e. The zero-order valence-corrected chi connectivity index (χ0v) is 53.2. The van der Waals surface area contributed by atoms with Gasteiger partial charge in [0.25, 0.3) is 6.71 Å². The van der Waals surface area contributed by atoms with E-state index in [9.17, 15) is 0 Å². The third kappa shape index (κ3) is 7.46. The van der Waals surface area contributed by atoms with Gasteiger partial charge in [0.1, 0.15) is 37.8 Å². The van der Waals surface area contributed by atoms with Gasteiger partial charge in [0, 0.05) is 79.1 Å². The fourth-order valence-electron chi connectivity index (χ4n) is 17.3. The van der Waals surface area contributed by atoms with Crippen LogP contribution in [-0.2, 0) is 16.2 Å². The van der Waals surface area contributed by atoms with Crippen LogP contribution < -0.4 is 50.0 Å². The van der Waals surface area contributed by atoms with Gasteiger partial charge < -0.3 is 38.1 Å². The van der Waals surface area contributed by atoms with E-state index in [2.05, 4.69) is 275 Å². The molecule has 452 valence electrons. The number of rotatable bonds is 6. The molecule has 0 N–H and O–H groups in total. The first-order valence-electron chi connectivity index (χ1n) is 33.0. The zero-order valence-electron chi connectivity index (χ0n) is 53.2. The van der Waals surface area contributed by atoms with E-state index < -0.39 is 0 Å². The van der Waals surface area contributed by atoms with E-state index in [0.717, 1.165) is 107 Å². The van der Waals surface area contributed by atoms with E-state index in [1.54, 1.807) is 0 Å². The molecule has 7 aliphatic rings. The van der Waals surface area contributed by atoms with Crippen molar-refractivity contribution >= 4 is 96.0 Å². The van der Waals surface area contributed by atoms with Gasteiger partial charge in [-0.15, -0.1) is 0 Å². The predicted molar refractivity (Wildman–Crippen MR) is 383 cm³/mol. The van der Waals surface area contributed by atoms with Crippen LogP contribution in [0.2, 0.25) is 0 Å². The van der Waals surface area contributed by atoms with Crippen molar-refractivity contribution in [2.75, 3.05) is 41.1 Å². The number of anilines is 9. The molecule has 9 heteroatoms. The summed E-state index contributed by atoms with van der Waals surface area (Å²) in [4.78, 5) is 7.60. The number of fused-ring (bicyclic) bond motifs is 17. The molecule has 20 rings (SSSR count). The highest BCUT2D eigenvalue weighted by molar-refractivity contribution is 7.00. The standard InChI is InChI=1S/C85H64BN3O5/c1-83(2)64-19-11-8-16-58(64)61-30-27-54(40-67(61)83)87(53-26-25-49-37-52(24-23-50(49)38-53)78-39-51-15-7-14-22-76(51)94-78)57-42-74-82-75(43-57)89(56-29-32-77-79(44-56)91-34-33-90-77)73-48-81-80(92-35-36-93-81)47-71(73)86(82)70-45-63-60-18-10-13-21-66(60)85(5,6)69(63)46-72(70)88(74)55-28-31-62-59-17-9-12-20-65(59)84(3,4)68(62)41-55/h7-32,37-48H,33-36H2,1-6H3. The van der Waals surface area contributed by atoms with Gasteiger partial charge in [-0.2, -0.15) is 0 Å². The van der Waals surface area contributed by atoms with Crippen LogP contribution in [0.4, 0.5) is 51.2 Å². The lowest BCUT2D eigenvalue weighted by atomic mass is 9.33. The lowest BCUT2D eigenvalue weighted by molar-refractivity contribution is 0.171. The van der Waals surface area contributed by atoms with Gasteiger partial charge in [-0.25, -0.2) is 0 Å². The highest BCUT2D eigenvalue weighted by Gasteiger charge is 2.48. The van der Waals surface area contributed by atoms with Crippen LogP contribution in [0.25, 0.3) is 66.4 Å². The Morgan fingerprint density at radius 2 is 0.840 bits per heavy atom. The molecule has 0 spiro atoms. The van der Waals surface area contributed by atoms with E-state index in [0.29, 0.717) is 32.2 Å². The maximum absolute atomic E-state index is 6.63. The quantitative estimate of drug-likeness (QED) is 0.153. The van der Waals surface area contributed by atoms with Crippen molar-refractivity contribution in [3.63, 3.8) is 0 Å². The van der Waals surface area contributed by atoms with Crippen LogP contribution in [0.3, 0.4) is 0 Å². The second-order valence-electron chi connectivity index (χ2n) is 28.0. The number of benzene rings is 12. The van der Waals surface area contributed by atoms with Crippen LogP contribution in [0.1, 0.15) is 74.9 Å². The molecule has 12 aromatic carbocycles. The highest BCUT2D eigenvalue weighted by atomic mass is 16.6. The van der Waals surface area contributed by atoms with Crippen LogP contribution in [0.5, 0.6) is 23.0 Å². The first-order valence-corrected chi connectivity index (χ1v) is 33.0. The molecule has 3 aliphatic carbocycles. The summed E-state index contributed by atoms with van der Waals surface area (Å²) in [5.41, 5.74) is 29.7. The number of nitrogens with zero attached hydrogens (tertiary/aromatic N) is 3. The van der Waals surface area contributed by atoms with Gasteiger partial charge in [-0.1, -0.05) is 169 Å². The molecule has 0 fully saturated rings. The molecule has 4 aliphatic heterocycles. The maximum atomic E-state index is 6.63. The minimum atomic E-state index is -0.286. The fraction of sp³-hybridized carbons (Fsp3) is 0.153. The van der Waals surface area contributed by atoms with Crippen molar-refractivity contribution in [1.29, 1.82) is 0 Å². The molecule has 0 atom stereocenters. The lowest BCUT2D eigenvalue weighted by Crippen LogP contribution is -2.61. The average molecular weight is 1220 g/mol. The van der Waals surface area contributed by atoms with Gasteiger partial charge in [0.05, 0.1) is 11.4 Å². The van der Waals surface area contributed by atoms with Gasteiger partial charge in [-0.05, 0) is 185 Å². The second-order valence-corrected chi connectivity index (χ2v) is 28.0. The molecule has 13 aromatic rings. The van der Waals surface area contributed by atoms with Crippen molar-refractivity contribution in [2.45, 2.75) is 57.8 Å². The monoisotopic (exact) mass is 1220 g/mol. The Balaban J connectivity index is 0.892. The fourth-order valence-corrected chi connectivity index (χ4v) is 17.3. The second kappa shape index (κ2) is 19.1. The van der Waals surface area contributed by atoms with Gasteiger partial charge in [0.2, 0.25) is 0 Å². The maximum Gasteiger partial charge on any atom is 0.252 e. The van der Waals surface area contributed by atoms with E-state index in [-0.39, 0.29) is 23.0 Å². The molecular formula is C85H64BN3O5. The Hall–Kier alpha value is -10.9. The molecule has 1 aromatic heterocycles. The summed E-state index contributed by atoms with van der Waals surface area (Å²) >= 11 is 0. The Morgan fingerprint density at radius 1 is 0.340 bits per heavy atom. The Bertz CT molecular complexity index is 5470. The van der Waals surface area contributed by atoms with Crippen molar-refractivity contribution in [2.24, 2.45) is 0 Å². The summed E-state index contributed by atoms with van der Waals surface area (Å²) in [6.45, 7) is 16.0. The molecule has 0 unspecified atom stereocenters. The first-order chi connectivity index (χ1) is 45.8. The van der Waals surface area contributed by atoms with Crippen LogP contribution in [0.15, 0.2) is 235 Å². The van der Waals surface area contributed by atoms with Gasteiger partial charge >= 0.3 is 0 Å². The number of ether oxygens (including phenoxy) is 4. The third-order valence-electron chi connectivity index (χ3n) is 21.9. The largest absolute Gasteiger partial charge is 0.486 e. The molecule has 0 saturated heterocycles. The van der Waals surface area contributed by atoms with Gasteiger partial charge in [0.15, 0.2) is 23.0 Å². The van der Waals surface area contributed by atoms with Crippen LogP contribution in [-0.4, -0.2) is 33.1 Å². The normalized spacial score (nSPS) is 16.1. The SMILES string of the molecule is CC1(C)c2ccccc2-c2ccc(N(c3cc4c5c(c3)N(c3ccc6c(c3)C(C)(C)c3ccccc3-6)c3cc6c(cc3B5c3cc5c(cc3N4c3ccc4c(c3)OCCO4)OCCO5)-c3ccccc3C6(C)C)c3ccc4cc(-c5cc6ccccc6o5)ccc4c3)cc21. The molecule has 0 amide bonds. The Labute approximate surface area is 546 Å². The Kier molecular flexibility index (Phi) is 10.9. The lowest BCUT2D eigenvalue weighted by Gasteiger charge is -2.46. The van der Waals surface area contributed by atoms with Crippen LogP contribution in [0, 0.1) is 0 Å². The summed E-state index contributed by atoms with van der Waals surface area (Å²) in [5, 5.41) is 3.32. The summed E-state index contributed by atoms with van der Waals surface area (Å²) in [7, 11) is 0. The zero-order chi connectivity index (χ0) is 62.7. The molecule has 94 heavy (non-hydrogen) atoms. The summed E-state index contributed by atoms with van der Waals surface area (Å²) in [5.74, 6) is 3.76. The van der Waals surface area contributed by atoms with E-state index in [1.807, 2.05) is 12.1 Å². The number of hydrogen-bond acceptors (Lipinski definition) is 8. The van der Waals surface area contributed by atoms with Crippen LogP contribution >= 0.6 is 0 Å². The van der Waals surface area contributed by atoms with E-state index in [4.69, 9.17) is 23.4 Å². The minimum absolute atomic E-state index is 0.254. The molecule has 0 radical (unpaired) electrons. The van der Waals surface area contributed by atoms with Crippen molar-refractivity contribution in [3.8, 4) is 67.7 Å². The molecular weight excluding hydrogens is 1150 g/mol. The van der Waals surface area contributed by atoms with E-state index >= 15 is 0 Å². The third-order valence-corrected chi connectivity index (χ3v) is 21.9. The van der Waals surface area contributed by atoms with Crippen molar-refractivity contribution in [1.82, 2.24) is 0 Å².